The molecule has 15 heavy (non-hydrogen) atoms. The van der Waals surface area contributed by atoms with E-state index < -0.39 is 5.76 Å². The van der Waals surface area contributed by atoms with Crippen LogP contribution in [0, 0.1) is 5.92 Å². The molecule has 0 unspecified atom stereocenters. The van der Waals surface area contributed by atoms with Crippen LogP contribution in [0.25, 0.3) is 0 Å². The summed E-state index contributed by atoms with van der Waals surface area (Å²) in [5, 5.41) is 3.23. The van der Waals surface area contributed by atoms with Gasteiger partial charge >= 0.3 is 0 Å². The molecule has 1 aromatic rings. The average molecular weight is 229 g/mol. The Bertz CT molecular complexity index is 326. The Balaban J connectivity index is 1.99. The van der Waals surface area contributed by atoms with E-state index in [1.165, 1.54) is 12.8 Å². The Morgan fingerprint density at radius 2 is 2.07 bits per heavy atom. The minimum atomic E-state index is -2.35. The number of anilines is 1. The lowest BCUT2D eigenvalue weighted by molar-refractivity contribution is 0.252. The molecule has 0 bridgehead atoms. The second-order valence-electron chi connectivity index (χ2n) is 3.70. The number of rotatable bonds is 5. The summed E-state index contributed by atoms with van der Waals surface area (Å²) in [6.45, 7) is 0.904. The van der Waals surface area contributed by atoms with E-state index in [0.717, 1.165) is 18.2 Å². The fraction of sp³-hybridized carbons (Fsp3) is 0.455. The SMILES string of the molecule is FC(F)Sc1ccccc1NCC1CC1. The van der Waals surface area contributed by atoms with Gasteiger partial charge in [-0.25, -0.2) is 0 Å². The molecule has 0 radical (unpaired) electrons. The Hall–Kier alpha value is -0.770. The van der Waals surface area contributed by atoms with Crippen LogP contribution in [0.5, 0.6) is 0 Å². The lowest BCUT2D eigenvalue weighted by Gasteiger charge is -2.10. The van der Waals surface area contributed by atoms with Gasteiger partial charge in [-0.2, -0.15) is 8.78 Å². The van der Waals surface area contributed by atoms with Crippen LogP contribution in [0.3, 0.4) is 0 Å². The third-order valence-corrected chi connectivity index (χ3v) is 3.17. The van der Waals surface area contributed by atoms with Gasteiger partial charge in [0, 0.05) is 17.1 Å². The predicted molar refractivity (Wildman–Crippen MR) is 59.5 cm³/mol. The number of halogens is 2. The van der Waals surface area contributed by atoms with Gasteiger partial charge in [-0.3, -0.25) is 0 Å². The van der Waals surface area contributed by atoms with Crippen molar-refractivity contribution in [3.05, 3.63) is 24.3 Å². The molecule has 1 aliphatic carbocycles. The number of thioether (sulfide) groups is 1. The average Bonchev–Trinajstić information content (AvgIpc) is 2.99. The first-order valence-corrected chi connectivity index (χ1v) is 5.91. The molecular weight excluding hydrogens is 216 g/mol. The van der Waals surface area contributed by atoms with Gasteiger partial charge in [0.25, 0.3) is 5.76 Å². The second kappa shape index (κ2) is 4.84. The Morgan fingerprint density at radius 1 is 1.33 bits per heavy atom. The van der Waals surface area contributed by atoms with Gasteiger partial charge in [-0.1, -0.05) is 23.9 Å². The number of benzene rings is 1. The molecule has 1 aromatic carbocycles. The standard InChI is InChI=1S/C11H13F2NS/c12-11(13)15-10-4-2-1-3-9(10)14-7-8-5-6-8/h1-4,8,11,14H,5-7H2. The zero-order chi connectivity index (χ0) is 10.7. The van der Waals surface area contributed by atoms with E-state index in [1.54, 1.807) is 12.1 Å². The number of hydrogen-bond donors (Lipinski definition) is 1. The van der Waals surface area contributed by atoms with Crippen LogP contribution in [0.2, 0.25) is 0 Å². The molecule has 1 nitrogen and oxygen atoms in total. The molecule has 4 heteroatoms. The van der Waals surface area contributed by atoms with Crippen LogP contribution in [0.4, 0.5) is 14.5 Å². The first-order valence-electron chi connectivity index (χ1n) is 5.03. The molecule has 1 aliphatic rings. The second-order valence-corrected chi connectivity index (χ2v) is 4.73. The van der Waals surface area contributed by atoms with Crippen molar-refractivity contribution in [2.45, 2.75) is 23.5 Å². The lowest BCUT2D eigenvalue weighted by Crippen LogP contribution is -2.04. The molecule has 1 saturated carbocycles. The van der Waals surface area contributed by atoms with Crippen molar-refractivity contribution in [1.82, 2.24) is 0 Å². The van der Waals surface area contributed by atoms with Crippen LogP contribution < -0.4 is 5.32 Å². The molecule has 0 aromatic heterocycles. The summed E-state index contributed by atoms with van der Waals surface area (Å²) >= 11 is 0.601. The maximum absolute atomic E-state index is 12.2. The first kappa shape index (κ1) is 10.7. The van der Waals surface area contributed by atoms with Gasteiger partial charge in [-0.05, 0) is 30.9 Å². The highest BCUT2D eigenvalue weighted by Gasteiger charge is 2.21. The molecule has 0 spiro atoms. The van der Waals surface area contributed by atoms with Crippen LogP contribution in [-0.4, -0.2) is 12.3 Å². The Kier molecular flexibility index (Phi) is 3.46. The van der Waals surface area contributed by atoms with Gasteiger partial charge in [0.05, 0.1) is 0 Å². The number of nitrogens with one attached hydrogen (secondary N) is 1. The van der Waals surface area contributed by atoms with E-state index in [4.69, 9.17) is 0 Å². The summed E-state index contributed by atoms with van der Waals surface area (Å²) in [7, 11) is 0. The summed E-state index contributed by atoms with van der Waals surface area (Å²) in [4.78, 5) is 0.633. The quantitative estimate of drug-likeness (QED) is 0.770. The zero-order valence-electron chi connectivity index (χ0n) is 8.25. The van der Waals surface area contributed by atoms with Crippen molar-refractivity contribution in [2.24, 2.45) is 5.92 Å². The Morgan fingerprint density at radius 3 is 2.73 bits per heavy atom. The van der Waals surface area contributed by atoms with Gasteiger partial charge < -0.3 is 5.32 Å². The highest BCUT2D eigenvalue weighted by Crippen LogP contribution is 2.33. The molecule has 0 saturated heterocycles. The topological polar surface area (TPSA) is 12.0 Å². The van der Waals surface area contributed by atoms with E-state index in [9.17, 15) is 8.78 Å². The van der Waals surface area contributed by atoms with Gasteiger partial charge in [0.1, 0.15) is 0 Å². The minimum absolute atomic E-state index is 0.601. The summed E-state index contributed by atoms with van der Waals surface area (Å²) in [6.07, 6.45) is 2.52. The van der Waals surface area contributed by atoms with E-state index in [-0.39, 0.29) is 0 Å². The summed E-state index contributed by atoms with van der Waals surface area (Å²) in [5.41, 5.74) is 0.828. The van der Waals surface area contributed by atoms with E-state index >= 15 is 0 Å². The number of hydrogen-bond acceptors (Lipinski definition) is 2. The van der Waals surface area contributed by atoms with Crippen molar-refractivity contribution in [3.63, 3.8) is 0 Å². The molecular formula is C11H13F2NS. The van der Waals surface area contributed by atoms with Gasteiger partial charge in [0.2, 0.25) is 0 Å². The third-order valence-electron chi connectivity index (χ3n) is 2.38. The van der Waals surface area contributed by atoms with Gasteiger partial charge in [0.15, 0.2) is 0 Å². The molecule has 0 amide bonds. The van der Waals surface area contributed by atoms with E-state index in [0.29, 0.717) is 16.7 Å². The Labute approximate surface area is 92.3 Å². The highest BCUT2D eigenvalue weighted by atomic mass is 32.2. The van der Waals surface area contributed by atoms with Crippen LogP contribution in [0.15, 0.2) is 29.2 Å². The maximum Gasteiger partial charge on any atom is 0.288 e. The lowest BCUT2D eigenvalue weighted by atomic mass is 10.3. The van der Waals surface area contributed by atoms with E-state index in [1.807, 2.05) is 12.1 Å². The molecule has 1 fully saturated rings. The molecule has 0 aliphatic heterocycles. The van der Waals surface area contributed by atoms with Gasteiger partial charge in [-0.15, -0.1) is 0 Å². The summed E-state index contributed by atoms with van der Waals surface area (Å²) in [5.74, 6) is -1.61. The maximum atomic E-state index is 12.2. The molecule has 0 heterocycles. The van der Waals surface area contributed by atoms with Crippen LogP contribution in [0.1, 0.15) is 12.8 Å². The molecule has 1 N–H and O–H groups in total. The van der Waals surface area contributed by atoms with Crippen molar-refractivity contribution in [1.29, 1.82) is 0 Å². The van der Waals surface area contributed by atoms with Crippen molar-refractivity contribution in [3.8, 4) is 0 Å². The monoisotopic (exact) mass is 229 g/mol. The highest BCUT2D eigenvalue weighted by molar-refractivity contribution is 7.99. The minimum Gasteiger partial charge on any atom is -0.384 e. The summed E-state index contributed by atoms with van der Waals surface area (Å²) < 4.78 is 24.5. The zero-order valence-corrected chi connectivity index (χ0v) is 9.07. The molecule has 82 valence electrons. The number of para-hydroxylation sites is 1. The fourth-order valence-corrected chi connectivity index (χ4v) is 2.00. The summed E-state index contributed by atoms with van der Waals surface area (Å²) in [6, 6.07) is 7.23. The first-order chi connectivity index (χ1) is 7.25. The van der Waals surface area contributed by atoms with Crippen LogP contribution >= 0.6 is 11.8 Å². The van der Waals surface area contributed by atoms with Crippen molar-refractivity contribution in [2.75, 3.05) is 11.9 Å². The van der Waals surface area contributed by atoms with Crippen molar-refractivity contribution < 1.29 is 8.78 Å². The van der Waals surface area contributed by atoms with E-state index in [2.05, 4.69) is 5.32 Å². The predicted octanol–water partition coefficient (Wildman–Crippen LogP) is 3.82. The largest absolute Gasteiger partial charge is 0.384 e. The van der Waals surface area contributed by atoms with Crippen molar-refractivity contribution >= 4 is 17.4 Å². The molecule has 2 rings (SSSR count). The normalized spacial score (nSPS) is 15.7. The number of alkyl halides is 2. The third kappa shape index (κ3) is 3.38. The van der Waals surface area contributed by atoms with Crippen LogP contribution in [-0.2, 0) is 0 Å². The smallest absolute Gasteiger partial charge is 0.288 e. The molecule has 0 atom stereocenters. The fourth-order valence-electron chi connectivity index (χ4n) is 1.39.